The summed E-state index contributed by atoms with van der Waals surface area (Å²) in [5.74, 6) is -0.0284. The van der Waals surface area contributed by atoms with Gasteiger partial charge in [-0.05, 0) is 34.8 Å². The maximum absolute atomic E-state index is 12.5. The fourth-order valence-electron chi connectivity index (χ4n) is 3.20. The number of likely N-dealkylation sites (tertiary alicyclic amines) is 1. The van der Waals surface area contributed by atoms with E-state index in [2.05, 4.69) is 21.2 Å². The van der Waals surface area contributed by atoms with Crippen molar-refractivity contribution in [3.63, 3.8) is 0 Å². The molecule has 6 heteroatoms. The second kappa shape index (κ2) is 6.58. The van der Waals surface area contributed by atoms with Crippen LogP contribution in [0.25, 0.3) is 0 Å². The third-order valence-corrected chi connectivity index (χ3v) is 5.96. The standard InChI is InChI=1S/C15H19BrN2O2S/c16-10-6-12(21-9-10)8-17-13-7-14(19)18(15(13)20)11-4-2-1-3-5-11/h6,9,11,13,17H,1-5,7-8H2. The van der Waals surface area contributed by atoms with Crippen LogP contribution in [0.1, 0.15) is 43.4 Å². The van der Waals surface area contributed by atoms with Gasteiger partial charge < -0.3 is 5.32 Å². The van der Waals surface area contributed by atoms with E-state index in [1.54, 1.807) is 16.2 Å². The van der Waals surface area contributed by atoms with Crippen molar-refractivity contribution in [1.82, 2.24) is 10.2 Å². The second-order valence-electron chi connectivity index (χ2n) is 5.76. The van der Waals surface area contributed by atoms with Gasteiger partial charge in [0.05, 0.1) is 12.5 Å². The molecule has 0 aromatic carbocycles. The summed E-state index contributed by atoms with van der Waals surface area (Å²) in [6.07, 6.45) is 5.74. The molecule has 2 heterocycles. The van der Waals surface area contributed by atoms with E-state index in [0.717, 1.165) is 30.2 Å². The highest BCUT2D eigenvalue weighted by molar-refractivity contribution is 9.10. The molecule has 1 atom stereocenters. The molecular formula is C15H19BrN2O2S. The Hall–Kier alpha value is -0.720. The molecule has 1 aliphatic carbocycles. The second-order valence-corrected chi connectivity index (χ2v) is 7.67. The van der Waals surface area contributed by atoms with Crippen molar-refractivity contribution in [2.24, 2.45) is 0 Å². The number of imide groups is 1. The molecule has 1 N–H and O–H groups in total. The molecule has 0 spiro atoms. The number of hydrogen-bond donors (Lipinski definition) is 1. The number of hydrogen-bond acceptors (Lipinski definition) is 4. The lowest BCUT2D eigenvalue weighted by molar-refractivity contribution is -0.142. The van der Waals surface area contributed by atoms with Crippen molar-refractivity contribution in [2.75, 3.05) is 0 Å². The quantitative estimate of drug-likeness (QED) is 0.828. The first-order valence-electron chi connectivity index (χ1n) is 7.47. The minimum atomic E-state index is -0.347. The molecule has 2 amide bonds. The summed E-state index contributed by atoms with van der Waals surface area (Å²) in [4.78, 5) is 27.4. The smallest absolute Gasteiger partial charge is 0.247 e. The van der Waals surface area contributed by atoms with E-state index in [1.807, 2.05) is 11.4 Å². The highest BCUT2D eigenvalue weighted by atomic mass is 79.9. The molecule has 2 aliphatic rings. The lowest BCUT2D eigenvalue weighted by atomic mass is 9.94. The van der Waals surface area contributed by atoms with Crippen LogP contribution in [0, 0.1) is 0 Å². The van der Waals surface area contributed by atoms with E-state index >= 15 is 0 Å². The molecule has 0 radical (unpaired) electrons. The lowest BCUT2D eigenvalue weighted by Gasteiger charge is -2.29. The van der Waals surface area contributed by atoms with Crippen LogP contribution >= 0.6 is 27.3 Å². The Morgan fingerprint density at radius 3 is 2.71 bits per heavy atom. The summed E-state index contributed by atoms with van der Waals surface area (Å²) in [6, 6.07) is 1.83. The molecule has 2 fully saturated rings. The minimum absolute atomic E-state index is 0.00300. The predicted molar refractivity (Wildman–Crippen MR) is 86.0 cm³/mol. The summed E-state index contributed by atoms with van der Waals surface area (Å²) in [5.41, 5.74) is 0. The van der Waals surface area contributed by atoms with Crippen LogP contribution in [0.5, 0.6) is 0 Å². The number of amides is 2. The minimum Gasteiger partial charge on any atom is -0.300 e. The fourth-order valence-corrected chi connectivity index (χ4v) is 4.61. The zero-order valence-corrected chi connectivity index (χ0v) is 14.2. The van der Waals surface area contributed by atoms with Gasteiger partial charge in [-0.2, -0.15) is 0 Å². The lowest BCUT2D eigenvalue weighted by Crippen LogP contribution is -2.44. The van der Waals surface area contributed by atoms with E-state index in [1.165, 1.54) is 11.3 Å². The summed E-state index contributed by atoms with van der Waals surface area (Å²) >= 11 is 5.07. The predicted octanol–water partition coefficient (Wildman–Crippen LogP) is 3.06. The van der Waals surface area contributed by atoms with Gasteiger partial charge >= 0.3 is 0 Å². The maximum atomic E-state index is 12.5. The molecule has 1 saturated carbocycles. The molecule has 1 aromatic heterocycles. The molecule has 1 aromatic rings. The number of nitrogens with one attached hydrogen (secondary N) is 1. The third-order valence-electron chi connectivity index (χ3n) is 4.27. The Bertz CT molecular complexity index is 540. The van der Waals surface area contributed by atoms with E-state index in [9.17, 15) is 9.59 Å². The Balaban J connectivity index is 1.60. The van der Waals surface area contributed by atoms with Gasteiger partial charge in [-0.3, -0.25) is 14.5 Å². The summed E-state index contributed by atoms with van der Waals surface area (Å²) in [7, 11) is 0. The third kappa shape index (κ3) is 3.38. The molecule has 1 unspecified atom stereocenters. The van der Waals surface area contributed by atoms with Crippen LogP contribution in [0.3, 0.4) is 0 Å². The van der Waals surface area contributed by atoms with E-state index < -0.39 is 0 Å². The molecule has 3 rings (SSSR count). The fraction of sp³-hybridized carbons (Fsp3) is 0.600. The van der Waals surface area contributed by atoms with Crippen LogP contribution < -0.4 is 5.32 Å². The van der Waals surface area contributed by atoms with Gasteiger partial charge in [-0.15, -0.1) is 11.3 Å². The monoisotopic (exact) mass is 370 g/mol. The zero-order chi connectivity index (χ0) is 14.8. The Morgan fingerprint density at radius 2 is 2.05 bits per heavy atom. The summed E-state index contributed by atoms with van der Waals surface area (Å²) < 4.78 is 1.06. The van der Waals surface area contributed by atoms with E-state index in [-0.39, 0.29) is 23.9 Å². The van der Waals surface area contributed by atoms with E-state index in [0.29, 0.717) is 13.0 Å². The summed E-state index contributed by atoms with van der Waals surface area (Å²) in [5, 5.41) is 5.26. The Morgan fingerprint density at radius 1 is 1.29 bits per heavy atom. The molecular weight excluding hydrogens is 352 g/mol. The van der Waals surface area contributed by atoms with Crippen molar-refractivity contribution in [3.05, 3.63) is 20.8 Å². The van der Waals surface area contributed by atoms with Gasteiger partial charge in [0.25, 0.3) is 0 Å². The van der Waals surface area contributed by atoms with Gasteiger partial charge in [0.15, 0.2) is 0 Å². The number of carbonyl (C=O) groups excluding carboxylic acids is 2. The van der Waals surface area contributed by atoms with Gasteiger partial charge in [-0.1, -0.05) is 19.3 Å². The van der Waals surface area contributed by atoms with Crippen molar-refractivity contribution in [2.45, 2.75) is 57.2 Å². The molecule has 4 nitrogen and oxygen atoms in total. The van der Waals surface area contributed by atoms with Crippen molar-refractivity contribution in [1.29, 1.82) is 0 Å². The van der Waals surface area contributed by atoms with Crippen LogP contribution in [-0.4, -0.2) is 28.8 Å². The molecule has 0 bridgehead atoms. The number of halogens is 1. The first-order valence-corrected chi connectivity index (χ1v) is 9.14. The Kier molecular flexibility index (Phi) is 4.76. The van der Waals surface area contributed by atoms with Crippen LogP contribution in [0.15, 0.2) is 15.9 Å². The van der Waals surface area contributed by atoms with Crippen LogP contribution in [0.2, 0.25) is 0 Å². The SMILES string of the molecule is O=C1CC(NCc2cc(Br)cs2)C(=O)N1C1CCCCC1. The average molecular weight is 371 g/mol. The van der Waals surface area contributed by atoms with Crippen molar-refractivity contribution < 1.29 is 9.59 Å². The molecule has 1 aliphatic heterocycles. The summed E-state index contributed by atoms with van der Waals surface area (Å²) in [6.45, 7) is 0.637. The Labute approximate surface area is 137 Å². The van der Waals surface area contributed by atoms with Gasteiger partial charge in [0, 0.05) is 27.3 Å². The first kappa shape index (κ1) is 15.2. The molecule has 21 heavy (non-hydrogen) atoms. The maximum Gasteiger partial charge on any atom is 0.247 e. The van der Waals surface area contributed by atoms with Gasteiger partial charge in [0.1, 0.15) is 0 Å². The first-order chi connectivity index (χ1) is 10.1. The molecule has 114 valence electrons. The number of thiophene rings is 1. The number of rotatable bonds is 4. The van der Waals surface area contributed by atoms with E-state index in [4.69, 9.17) is 0 Å². The van der Waals surface area contributed by atoms with Crippen LogP contribution in [-0.2, 0) is 16.1 Å². The molecule has 1 saturated heterocycles. The van der Waals surface area contributed by atoms with Crippen LogP contribution in [0.4, 0.5) is 0 Å². The van der Waals surface area contributed by atoms with Crippen molar-refractivity contribution >= 4 is 39.1 Å². The highest BCUT2D eigenvalue weighted by Crippen LogP contribution is 2.27. The van der Waals surface area contributed by atoms with Gasteiger partial charge in [0.2, 0.25) is 11.8 Å². The largest absolute Gasteiger partial charge is 0.300 e. The number of nitrogens with zero attached hydrogens (tertiary/aromatic N) is 1. The zero-order valence-electron chi connectivity index (χ0n) is 11.8. The highest BCUT2D eigenvalue weighted by Gasteiger charge is 2.42. The number of carbonyl (C=O) groups is 2. The topological polar surface area (TPSA) is 49.4 Å². The van der Waals surface area contributed by atoms with Crippen molar-refractivity contribution in [3.8, 4) is 0 Å². The average Bonchev–Trinajstić information content (AvgIpc) is 3.01. The van der Waals surface area contributed by atoms with Gasteiger partial charge in [-0.25, -0.2) is 0 Å². The normalized spacial score (nSPS) is 24.0.